The average Bonchev–Trinajstić information content (AvgIpc) is 2.85. The molecule has 1 radical (unpaired) electrons. The summed E-state index contributed by atoms with van der Waals surface area (Å²) < 4.78 is 0. The lowest BCUT2D eigenvalue weighted by Gasteiger charge is -2.40. The minimum absolute atomic E-state index is 0.475. The van der Waals surface area contributed by atoms with Crippen LogP contribution in [-0.4, -0.2) is 54.7 Å². The van der Waals surface area contributed by atoms with Crippen molar-refractivity contribution in [2.75, 3.05) is 26.2 Å². The summed E-state index contributed by atoms with van der Waals surface area (Å²) in [6.45, 7) is 12.0. The van der Waals surface area contributed by atoms with Crippen LogP contribution in [-0.2, 0) is 0 Å². The van der Waals surface area contributed by atoms with Crippen molar-refractivity contribution >= 4 is 7.28 Å². The van der Waals surface area contributed by atoms with Crippen LogP contribution in [0.4, 0.5) is 0 Å². The van der Waals surface area contributed by atoms with E-state index in [2.05, 4.69) is 37.9 Å². The smallest absolute Gasteiger partial charge is 0.137 e. The van der Waals surface area contributed by atoms with Crippen LogP contribution in [0, 0.1) is 0 Å². The lowest BCUT2D eigenvalue weighted by molar-refractivity contribution is 0.0856. The van der Waals surface area contributed by atoms with E-state index in [1.54, 1.807) is 0 Å². The first-order valence-electron chi connectivity index (χ1n) is 5.45. The van der Waals surface area contributed by atoms with Crippen molar-refractivity contribution in [2.45, 2.75) is 38.6 Å². The summed E-state index contributed by atoms with van der Waals surface area (Å²) in [6.07, 6.45) is 1.30. The highest BCUT2D eigenvalue weighted by molar-refractivity contribution is 6.54. The normalized spacial score (nSPS) is 36.3. The third-order valence-electron chi connectivity index (χ3n) is 3.56. The maximum absolute atomic E-state index is 2.63. The molecule has 13 heavy (non-hydrogen) atoms. The summed E-state index contributed by atoms with van der Waals surface area (Å²) in [4.78, 5) is 5.20. The van der Waals surface area contributed by atoms with Gasteiger partial charge in [-0.3, -0.25) is 4.90 Å². The van der Waals surface area contributed by atoms with Crippen molar-refractivity contribution in [3.8, 4) is 0 Å². The highest BCUT2D eigenvalue weighted by atomic mass is 15.3. The molecule has 2 aliphatic rings. The van der Waals surface area contributed by atoms with Gasteiger partial charge in [-0.15, -0.1) is 0 Å². The molecule has 2 saturated heterocycles. The van der Waals surface area contributed by atoms with E-state index in [4.69, 9.17) is 0 Å². The van der Waals surface area contributed by atoms with Crippen molar-refractivity contribution in [1.82, 2.24) is 9.80 Å². The second-order valence-corrected chi connectivity index (χ2v) is 4.88. The van der Waals surface area contributed by atoms with E-state index in [1.165, 1.54) is 32.5 Å². The topological polar surface area (TPSA) is 6.48 Å². The first kappa shape index (κ1) is 9.54. The van der Waals surface area contributed by atoms with Crippen molar-refractivity contribution in [1.29, 1.82) is 0 Å². The van der Waals surface area contributed by atoms with Crippen molar-refractivity contribution in [3.05, 3.63) is 0 Å². The molecule has 2 aliphatic heterocycles. The van der Waals surface area contributed by atoms with Gasteiger partial charge in [0, 0.05) is 32.2 Å². The first-order chi connectivity index (χ1) is 6.12. The molecular weight excluding hydrogens is 159 g/mol. The quantitative estimate of drug-likeness (QED) is 0.580. The summed E-state index contributed by atoms with van der Waals surface area (Å²) in [5, 5.41) is 0. The molecule has 2 heterocycles. The monoisotopic (exact) mass is 179 g/mol. The van der Waals surface area contributed by atoms with Crippen molar-refractivity contribution in [2.24, 2.45) is 0 Å². The molecule has 0 aromatic heterocycles. The molecule has 0 amide bonds. The Bertz CT molecular complexity index is 181. The van der Waals surface area contributed by atoms with Crippen LogP contribution in [0.3, 0.4) is 0 Å². The molecule has 0 aromatic carbocycles. The van der Waals surface area contributed by atoms with E-state index in [0.717, 1.165) is 6.04 Å². The van der Waals surface area contributed by atoms with E-state index in [9.17, 15) is 0 Å². The van der Waals surface area contributed by atoms with E-state index in [1.807, 2.05) is 0 Å². The fourth-order valence-corrected chi connectivity index (χ4v) is 2.16. The molecule has 0 saturated carbocycles. The summed E-state index contributed by atoms with van der Waals surface area (Å²) in [7, 11) is 2.43. The fraction of sp³-hybridized carbons (Fsp3) is 1.00. The van der Waals surface area contributed by atoms with Gasteiger partial charge in [-0.25, -0.2) is 0 Å². The molecule has 0 spiro atoms. The molecule has 0 bridgehead atoms. The second kappa shape index (κ2) is 3.28. The Morgan fingerprint density at radius 3 is 2.08 bits per heavy atom. The second-order valence-electron chi connectivity index (χ2n) is 4.88. The third-order valence-corrected chi connectivity index (χ3v) is 3.56. The number of nitrogens with zero attached hydrogens (tertiary/aromatic N) is 2. The third kappa shape index (κ3) is 1.91. The Morgan fingerprint density at radius 2 is 1.69 bits per heavy atom. The average molecular weight is 179 g/mol. The minimum atomic E-state index is 0.475. The van der Waals surface area contributed by atoms with Gasteiger partial charge in [-0.05, 0) is 19.3 Å². The largest absolute Gasteiger partial charge is 0.304 e. The molecule has 0 aromatic rings. The van der Waals surface area contributed by atoms with E-state index in [0.29, 0.717) is 5.44 Å². The van der Waals surface area contributed by atoms with Crippen LogP contribution < -0.4 is 0 Å². The highest BCUT2D eigenvalue weighted by Gasteiger charge is 2.44. The van der Waals surface area contributed by atoms with Gasteiger partial charge in [0.15, 0.2) is 0 Å². The van der Waals surface area contributed by atoms with Crippen molar-refractivity contribution < 1.29 is 0 Å². The highest BCUT2D eigenvalue weighted by Crippen LogP contribution is 2.33. The summed E-state index contributed by atoms with van der Waals surface area (Å²) in [5.74, 6) is 0. The van der Waals surface area contributed by atoms with Gasteiger partial charge in [-0.1, -0.05) is 13.2 Å². The maximum Gasteiger partial charge on any atom is 0.137 e. The van der Waals surface area contributed by atoms with Gasteiger partial charge >= 0.3 is 0 Å². The van der Waals surface area contributed by atoms with Crippen LogP contribution in [0.5, 0.6) is 0 Å². The van der Waals surface area contributed by atoms with E-state index in [-0.39, 0.29) is 0 Å². The number of piperazine rings is 1. The van der Waals surface area contributed by atoms with Gasteiger partial charge in [0.2, 0.25) is 0 Å². The lowest BCUT2D eigenvalue weighted by atomic mass is 9.95. The molecule has 2 nitrogen and oxygen atoms in total. The predicted molar refractivity (Wildman–Crippen MR) is 57.2 cm³/mol. The molecule has 1 unspecified atom stereocenters. The Labute approximate surface area is 82.5 Å². The van der Waals surface area contributed by atoms with Crippen LogP contribution in [0.1, 0.15) is 20.8 Å². The molecule has 2 rings (SSSR count). The first-order valence-corrected chi connectivity index (χ1v) is 5.45. The zero-order valence-electron chi connectivity index (χ0n) is 9.08. The number of hydrogen-bond donors (Lipinski definition) is 0. The van der Waals surface area contributed by atoms with Crippen molar-refractivity contribution in [3.63, 3.8) is 0 Å². The van der Waals surface area contributed by atoms with Crippen LogP contribution in [0.2, 0.25) is 6.32 Å². The SMILES string of the molecule is CC(C)N1CCN(C2(C)[B]C2)CC1. The molecule has 3 heteroatoms. The van der Waals surface area contributed by atoms with Gasteiger partial charge in [0.1, 0.15) is 7.28 Å². The summed E-state index contributed by atoms with van der Waals surface area (Å²) in [6, 6.07) is 0.720. The minimum Gasteiger partial charge on any atom is -0.304 e. The fourth-order valence-electron chi connectivity index (χ4n) is 2.16. The van der Waals surface area contributed by atoms with Crippen LogP contribution in [0.25, 0.3) is 0 Å². The maximum atomic E-state index is 2.63. The lowest BCUT2D eigenvalue weighted by Crippen LogP contribution is -2.52. The zero-order valence-corrected chi connectivity index (χ0v) is 9.08. The van der Waals surface area contributed by atoms with E-state index >= 15 is 0 Å². The molecular formula is C10H20BN2. The number of hydrogen-bond acceptors (Lipinski definition) is 2. The predicted octanol–water partition coefficient (Wildman–Crippen LogP) is 0.865. The zero-order chi connectivity index (χ0) is 9.47. The standard InChI is InChI=1S/C10H20BN2/c1-9(2)12-4-6-13(7-5-12)10(3)8-11-10/h9H,4-8H2,1-3H3. The van der Waals surface area contributed by atoms with Gasteiger partial charge < -0.3 is 4.90 Å². The number of rotatable bonds is 2. The molecule has 0 aliphatic carbocycles. The van der Waals surface area contributed by atoms with Crippen LogP contribution >= 0.6 is 0 Å². The Balaban J connectivity index is 1.82. The molecule has 1 atom stereocenters. The Kier molecular flexibility index (Phi) is 2.41. The van der Waals surface area contributed by atoms with Gasteiger partial charge in [-0.2, -0.15) is 0 Å². The Hall–Kier alpha value is -0.0151. The van der Waals surface area contributed by atoms with Crippen LogP contribution in [0.15, 0.2) is 0 Å². The Morgan fingerprint density at radius 1 is 1.15 bits per heavy atom. The van der Waals surface area contributed by atoms with E-state index < -0.39 is 0 Å². The van der Waals surface area contributed by atoms with Gasteiger partial charge in [0.05, 0.1) is 0 Å². The summed E-state index contributed by atoms with van der Waals surface area (Å²) >= 11 is 0. The molecule has 73 valence electrons. The summed E-state index contributed by atoms with van der Waals surface area (Å²) in [5.41, 5.74) is 0.475. The molecule has 2 fully saturated rings. The molecule has 0 N–H and O–H groups in total. The van der Waals surface area contributed by atoms with Gasteiger partial charge in [0.25, 0.3) is 0 Å².